The number of hydrogen-bond acceptors (Lipinski definition) is 4. The van der Waals surface area contributed by atoms with E-state index in [0.717, 1.165) is 41.2 Å². The van der Waals surface area contributed by atoms with Gasteiger partial charge in [0, 0.05) is 5.56 Å². The minimum Gasteiger partial charge on any atom is -0.497 e. The number of nitrogens with zero attached hydrogens (tertiary/aromatic N) is 2. The van der Waals surface area contributed by atoms with E-state index >= 15 is 0 Å². The van der Waals surface area contributed by atoms with Crippen LogP contribution < -0.4 is 10.5 Å². The Bertz CT molecular complexity index is 629. The summed E-state index contributed by atoms with van der Waals surface area (Å²) in [6.07, 6.45) is 1.49. The topological polar surface area (TPSA) is 61.0 Å². The fourth-order valence-electron chi connectivity index (χ4n) is 2.06. The number of hydrogen-bond donors (Lipinski definition) is 1. The Morgan fingerprint density at radius 2 is 1.85 bits per heavy atom. The lowest BCUT2D eigenvalue weighted by Gasteiger charge is -2.12. The number of anilines is 1. The van der Waals surface area contributed by atoms with E-state index in [2.05, 4.69) is 9.97 Å². The van der Waals surface area contributed by atoms with Gasteiger partial charge in [0.2, 0.25) is 0 Å². The number of aryl methyl sites for hydroxylation is 2. The van der Waals surface area contributed by atoms with E-state index in [4.69, 9.17) is 22.1 Å². The molecule has 1 aromatic carbocycles. The molecule has 0 amide bonds. The molecule has 1 heterocycles. The zero-order valence-electron chi connectivity index (χ0n) is 11.9. The van der Waals surface area contributed by atoms with Gasteiger partial charge >= 0.3 is 0 Å². The van der Waals surface area contributed by atoms with Crippen molar-refractivity contribution in [3.63, 3.8) is 0 Å². The lowest BCUT2D eigenvalue weighted by molar-refractivity contribution is 0.415. The molecule has 4 nitrogen and oxygen atoms in total. The predicted molar refractivity (Wildman–Crippen MR) is 82.2 cm³/mol. The third kappa shape index (κ3) is 2.70. The van der Waals surface area contributed by atoms with Crippen molar-refractivity contribution in [3.8, 4) is 17.0 Å². The summed E-state index contributed by atoms with van der Waals surface area (Å²) in [5.41, 5.74) is 9.21. The number of nitrogens with two attached hydrogens (primary N) is 1. The van der Waals surface area contributed by atoms with Gasteiger partial charge in [0.25, 0.3) is 0 Å². The summed E-state index contributed by atoms with van der Waals surface area (Å²) < 4.78 is 5.17. The van der Waals surface area contributed by atoms with Crippen molar-refractivity contribution in [2.24, 2.45) is 0 Å². The van der Waals surface area contributed by atoms with Crippen molar-refractivity contribution in [1.29, 1.82) is 0 Å². The van der Waals surface area contributed by atoms with Crippen LogP contribution in [-0.2, 0) is 12.8 Å². The molecule has 0 aliphatic heterocycles. The molecule has 0 aliphatic rings. The molecule has 0 saturated heterocycles. The van der Waals surface area contributed by atoms with Gasteiger partial charge in [-0.1, -0.05) is 25.4 Å². The van der Waals surface area contributed by atoms with E-state index < -0.39 is 0 Å². The lowest BCUT2D eigenvalue weighted by atomic mass is 10.1. The number of benzene rings is 1. The summed E-state index contributed by atoms with van der Waals surface area (Å²) in [5, 5.41) is 0.597. The molecule has 0 fully saturated rings. The number of rotatable bonds is 4. The summed E-state index contributed by atoms with van der Waals surface area (Å²) in [6.45, 7) is 4.03. The first kappa shape index (κ1) is 14.6. The molecule has 0 radical (unpaired) electrons. The van der Waals surface area contributed by atoms with Crippen LogP contribution in [0, 0.1) is 0 Å². The average Bonchev–Trinajstić information content (AvgIpc) is 2.47. The third-order valence-electron chi connectivity index (χ3n) is 3.17. The van der Waals surface area contributed by atoms with Gasteiger partial charge in [-0.3, -0.25) is 0 Å². The minimum absolute atomic E-state index is 0.498. The second-order valence-corrected chi connectivity index (χ2v) is 4.81. The van der Waals surface area contributed by atoms with Gasteiger partial charge in [-0.25, -0.2) is 9.97 Å². The second kappa shape index (κ2) is 6.09. The first-order valence-corrected chi connectivity index (χ1v) is 6.97. The van der Waals surface area contributed by atoms with Crippen LogP contribution in [-0.4, -0.2) is 17.1 Å². The molecule has 0 aliphatic carbocycles. The van der Waals surface area contributed by atoms with Crippen molar-refractivity contribution >= 4 is 17.4 Å². The number of aromatic nitrogens is 2. The highest BCUT2D eigenvalue weighted by molar-refractivity contribution is 6.33. The first-order chi connectivity index (χ1) is 9.60. The van der Waals surface area contributed by atoms with Gasteiger partial charge < -0.3 is 10.5 Å². The van der Waals surface area contributed by atoms with Gasteiger partial charge in [0.05, 0.1) is 29.2 Å². The number of halogens is 1. The van der Waals surface area contributed by atoms with Crippen LogP contribution in [0.5, 0.6) is 5.75 Å². The smallest absolute Gasteiger partial charge is 0.145 e. The normalized spacial score (nSPS) is 10.6. The average molecular weight is 292 g/mol. The fraction of sp³-hybridized carbons (Fsp3) is 0.333. The Morgan fingerprint density at radius 3 is 2.40 bits per heavy atom. The monoisotopic (exact) mass is 291 g/mol. The predicted octanol–water partition coefficient (Wildman–Crippen LogP) is 3.51. The number of nitrogen functional groups attached to an aromatic ring is 1. The Hall–Kier alpha value is -1.81. The molecule has 0 saturated carbocycles. The van der Waals surface area contributed by atoms with Gasteiger partial charge in [-0.05, 0) is 31.0 Å². The van der Waals surface area contributed by atoms with Crippen LogP contribution in [0.3, 0.4) is 0 Å². The summed E-state index contributed by atoms with van der Waals surface area (Å²) >= 11 is 6.33. The molecule has 2 N–H and O–H groups in total. The van der Waals surface area contributed by atoms with Crippen LogP contribution in [0.15, 0.2) is 18.2 Å². The van der Waals surface area contributed by atoms with Crippen LogP contribution in [0.2, 0.25) is 5.02 Å². The summed E-state index contributed by atoms with van der Waals surface area (Å²) in [4.78, 5) is 9.08. The molecule has 0 bridgehead atoms. The Morgan fingerprint density at radius 1 is 1.15 bits per heavy atom. The van der Waals surface area contributed by atoms with Gasteiger partial charge in [0.15, 0.2) is 0 Å². The molecule has 2 aromatic rings. The van der Waals surface area contributed by atoms with Crippen molar-refractivity contribution in [2.75, 3.05) is 12.8 Å². The molecule has 0 spiro atoms. The van der Waals surface area contributed by atoms with Crippen molar-refractivity contribution in [1.82, 2.24) is 9.97 Å². The maximum atomic E-state index is 6.33. The zero-order chi connectivity index (χ0) is 14.7. The van der Waals surface area contributed by atoms with E-state index in [9.17, 15) is 0 Å². The molecule has 0 unspecified atom stereocenters. The van der Waals surface area contributed by atoms with Gasteiger partial charge in [0.1, 0.15) is 11.6 Å². The fourth-order valence-corrected chi connectivity index (χ4v) is 2.32. The summed E-state index contributed by atoms with van der Waals surface area (Å²) in [6, 6.07) is 5.55. The van der Waals surface area contributed by atoms with Crippen LogP contribution in [0.1, 0.15) is 25.2 Å². The number of methoxy groups -OCH3 is 1. The minimum atomic E-state index is 0.498. The Balaban J connectivity index is 2.61. The second-order valence-electron chi connectivity index (χ2n) is 4.40. The highest BCUT2D eigenvalue weighted by Gasteiger charge is 2.14. The Kier molecular flexibility index (Phi) is 4.45. The van der Waals surface area contributed by atoms with Crippen LogP contribution in [0.25, 0.3) is 11.3 Å². The van der Waals surface area contributed by atoms with Crippen LogP contribution >= 0.6 is 11.6 Å². The summed E-state index contributed by atoms with van der Waals surface area (Å²) in [5.74, 6) is 1.22. The molecule has 5 heteroatoms. The van der Waals surface area contributed by atoms with Crippen molar-refractivity contribution in [3.05, 3.63) is 34.6 Å². The lowest BCUT2D eigenvalue weighted by Crippen LogP contribution is -2.06. The zero-order valence-corrected chi connectivity index (χ0v) is 12.7. The van der Waals surface area contributed by atoms with Gasteiger partial charge in [-0.2, -0.15) is 0 Å². The standard InChI is InChI=1S/C15H18ClN3O/c1-4-12-14(18-13(5-2)15(17)19-12)10-7-6-9(20-3)8-11(10)16/h6-8H,4-5H2,1-3H3,(H2,17,19). The third-order valence-corrected chi connectivity index (χ3v) is 3.49. The van der Waals surface area contributed by atoms with E-state index in [-0.39, 0.29) is 0 Å². The highest BCUT2D eigenvalue weighted by Crippen LogP contribution is 2.32. The quantitative estimate of drug-likeness (QED) is 0.936. The molecular weight excluding hydrogens is 274 g/mol. The summed E-state index contributed by atoms with van der Waals surface area (Å²) in [7, 11) is 1.61. The first-order valence-electron chi connectivity index (χ1n) is 6.59. The molecule has 106 valence electrons. The van der Waals surface area contributed by atoms with Crippen LogP contribution in [0.4, 0.5) is 5.82 Å². The van der Waals surface area contributed by atoms with E-state index in [1.54, 1.807) is 13.2 Å². The van der Waals surface area contributed by atoms with E-state index in [1.807, 2.05) is 26.0 Å². The maximum absolute atomic E-state index is 6.33. The van der Waals surface area contributed by atoms with E-state index in [0.29, 0.717) is 10.8 Å². The molecular formula is C15H18ClN3O. The molecule has 1 aromatic heterocycles. The van der Waals surface area contributed by atoms with Crippen molar-refractivity contribution < 1.29 is 4.74 Å². The molecule has 20 heavy (non-hydrogen) atoms. The Labute approximate surface area is 124 Å². The number of ether oxygens (including phenoxy) is 1. The van der Waals surface area contributed by atoms with E-state index in [1.165, 1.54) is 0 Å². The largest absolute Gasteiger partial charge is 0.497 e. The highest BCUT2D eigenvalue weighted by atomic mass is 35.5. The van der Waals surface area contributed by atoms with Crippen molar-refractivity contribution in [2.45, 2.75) is 26.7 Å². The molecule has 0 atom stereocenters. The maximum Gasteiger partial charge on any atom is 0.145 e. The SMILES string of the molecule is CCc1nc(-c2ccc(OC)cc2Cl)c(CC)nc1N. The van der Waals surface area contributed by atoms with Gasteiger partial charge in [-0.15, -0.1) is 0 Å². The molecule has 2 rings (SSSR count).